The Balaban J connectivity index is 1.37. The zero-order chi connectivity index (χ0) is 21.2. The molecule has 8 heteroatoms. The fraction of sp³-hybridized carbons (Fsp3) is 0.261. The molecule has 1 aliphatic heterocycles. The second kappa shape index (κ2) is 8.23. The van der Waals surface area contributed by atoms with Gasteiger partial charge in [0.2, 0.25) is 0 Å². The average molecular weight is 413 g/mol. The van der Waals surface area contributed by atoms with E-state index in [1.165, 1.54) is 0 Å². The number of ketones is 1. The summed E-state index contributed by atoms with van der Waals surface area (Å²) in [6.07, 6.45) is 7.42. The lowest BCUT2D eigenvalue weighted by Gasteiger charge is -2.28. The number of pyridine rings is 1. The number of aryl methyl sites for hydroxylation is 1. The maximum atomic E-state index is 12.9. The zero-order valence-corrected chi connectivity index (χ0v) is 17.3. The van der Waals surface area contributed by atoms with Gasteiger partial charge in [-0.25, -0.2) is 15.0 Å². The number of rotatable bonds is 5. The van der Waals surface area contributed by atoms with Crippen molar-refractivity contribution in [2.75, 3.05) is 31.1 Å². The first-order chi connectivity index (χ1) is 15.2. The fourth-order valence-corrected chi connectivity index (χ4v) is 3.80. The summed E-state index contributed by atoms with van der Waals surface area (Å²) >= 11 is 0. The molecule has 5 rings (SSSR count). The van der Waals surface area contributed by atoms with Crippen molar-refractivity contribution in [2.24, 2.45) is 7.05 Å². The van der Waals surface area contributed by atoms with Crippen LogP contribution in [0.5, 0.6) is 0 Å². The van der Waals surface area contributed by atoms with Gasteiger partial charge in [-0.2, -0.15) is 5.10 Å². The van der Waals surface area contributed by atoms with Gasteiger partial charge in [0.15, 0.2) is 5.78 Å². The Morgan fingerprint density at radius 3 is 2.74 bits per heavy atom. The minimum atomic E-state index is -0.0125. The van der Waals surface area contributed by atoms with Crippen molar-refractivity contribution in [2.45, 2.75) is 6.42 Å². The van der Waals surface area contributed by atoms with Crippen molar-refractivity contribution in [3.05, 3.63) is 66.5 Å². The van der Waals surface area contributed by atoms with E-state index in [1.807, 2.05) is 43.7 Å². The van der Waals surface area contributed by atoms with Gasteiger partial charge >= 0.3 is 0 Å². The lowest BCUT2D eigenvalue weighted by molar-refractivity contribution is 0.0991. The van der Waals surface area contributed by atoms with Crippen LogP contribution in [-0.4, -0.2) is 56.7 Å². The van der Waals surface area contributed by atoms with E-state index in [2.05, 4.69) is 30.3 Å². The highest BCUT2D eigenvalue weighted by Crippen LogP contribution is 2.23. The van der Waals surface area contributed by atoms with Crippen LogP contribution in [0.25, 0.3) is 22.0 Å². The Morgan fingerprint density at radius 2 is 1.94 bits per heavy atom. The number of benzene rings is 1. The van der Waals surface area contributed by atoms with E-state index in [9.17, 15) is 4.79 Å². The molecule has 156 valence electrons. The predicted molar refractivity (Wildman–Crippen MR) is 119 cm³/mol. The van der Waals surface area contributed by atoms with Crippen LogP contribution in [-0.2, 0) is 13.5 Å². The molecule has 0 unspecified atom stereocenters. The van der Waals surface area contributed by atoms with Gasteiger partial charge in [0, 0.05) is 68.3 Å². The molecule has 1 N–H and O–H groups in total. The first-order valence-corrected chi connectivity index (χ1v) is 10.4. The van der Waals surface area contributed by atoms with E-state index in [0.29, 0.717) is 11.4 Å². The van der Waals surface area contributed by atoms with Gasteiger partial charge in [0.25, 0.3) is 0 Å². The summed E-state index contributed by atoms with van der Waals surface area (Å²) in [6, 6.07) is 9.66. The number of carbonyl (C=O) groups excluding carboxylic acids is 1. The molecule has 0 aliphatic carbocycles. The van der Waals surface area contributed by atoms with Crippen molar-refractivity contribution in [3.63, 3.8) is 0 Å². The molecule has 0 atom stereocenters. The van der Waals surface area contributed by atoms with E-state index in [0.717, 1.165) is 54.0 Å². The van der Waals surface area contributed by atoms with Crippen LogP contribution in [0.3, 0.4) is 0 Å². The SMILES string of the molecule is Cn1cc(-c2ccc3cnc(CC(=O)c4ccnc(N5CCNCC5)c4)nc3c2)cn1. The molecule has 4 heterocycles. The highest BCUT2D eigenvalue weighted by molar-refractivity contribution is 5.98. The maximum Gasteiger partial charge on any atom is 0.170 e. The molecule has 1 aliphatic rings. The van der Waals surface area contributed by atoms with Crippen LogP contribution < -0.4 is 10.2 Å². The zero-order valence-electron chi connectivity index (χ0n) is 17.3. The Hall–Kier alpha value is -3.65. The van der Waals surface area contributed by atoms with Crippen molar-refractivity contribution in [1.29, 1.82) is 0 Å². The summed E-state index contributed by atoms with van der Waals surface area (Å²) in [7, 11) is 1.89. The van der Waals surface area contributed by atoms with Crippen molar-refractivity contribution >= 4 is 22.5 Å². The van der Waals surface area contributed by atoms with Crippen LogP contribution in [0.4, 0.5) is 5.82 Å². The van der Waals surface area contributed by atoms with Gasteiger partial charge in [-0.1, -0.05) is 12.1 Å². The average Bonchev–Trinajstić information content (AvgIpc) is 3.25. The van der Waals surface area contributed by atoms with E-state index in [-0.39, 0.29) is 12.2 Å². The third-order valence-corrected chi connectivity index (χ3v) is 5.50. The Kier molecular flexibility index (Phi) is 5.13. The summed E-state index contributed by atoms with van der Waals surface area (Å²) < 4.78 is 1.77. The lowest BCUT2D eigenvalue weighted by atomic mass is 10.1. The number of hydrogen-bond acceptors (Lipinski definition) is 7. The molecule has 1 fully saturated rings. The second-order valence-electron chi connectivity index (χ2n) is 7.70. The number of hydrogen-bond donors (Lipinski definition) is 1. The molecule has 0 saturated carbocycles. The van der Waals surface area contributed by atoms with Crippen LogP contribution in [0.15, 0.2) is 55.1 Å². The number of carbonyl (C=O) groups is 1. The molecule has 0 radical (unpaired) electrons. The van der Waals surface area contributed by atoms with Crippen LogP contribution >= 0.6 is 0 Å². The van der Waals surface area contributed by atoms with E-state index in [1.54, 1.807) is 23.1 Å². The highest BCUT2D eigenvalue weighted by Gasteiger charge is 2.15. The van der Waals surface area contributed by atoms with E-state index in [4.69, 9.17) is 0 Å². The first-order valence-electron chi connectivity index (χ1n) is 10.4. The normalized spacial score (nSPS) is 14.2. The van der Waals surface area contributed by atoms with Crippen molar-refractivity contribution < 1.29 is 4.79 Å². The Bertz CT molecular complexity index is 1240. The molecule has 3 aromatic heterocycles. The van der Waals surface area contributed by atoms with Gasteiger partial charge in [0.05, 0.1) is 18.1 Å². The summed E-state index contributed by atoms with van der Waals surface area (Å²) in [6.45, 7) is 3.62. The molecule has 8 nitrogen and oxygen atoms in total. The molecular weight excluding hydrogens is 390 g/mol. The number of nitrogens with one attached hydrogen (secondary N) is 1. The molecule has 31 heavy (non-hydrogen) atoms. The van der Waals surface area contributed by atoms with Gasteiger partial charge in [0.1, 0.15) is 11.6 Å². The quantitative estimate of drug-likeness (QED) is 0.502. The predicted octanol–water partition coefficient (Wildman–Crippen LogP) is 2.26. The number of piperazine rings is 1. The smallest absolute Gasteiger partial charge is 0.170 e. The molecular formula is C23H23N7O. The molecule has 0 amide bonds. The second-order valence-corrected chi connectivity index (χ2v) is 7.70. The largest absolute Gasteiger partial charge is 0.354 e. The Morgan fingerprint density at radius 1 is 1.06 bits per heavy atom. The molecule has 0 spiro atoms. The van der Waals surface area contributed by atoms with Gasteiger partial charge in [-0.05, 0) is 23.8 Å². The molecule has 1 saturated heterocycles. The van der Waals surface area contributed by atoms with Crippen LogP contribution in [0, 0.1) is 0 Å². The van der Waals surface area contributed by atoms with E-state index >= 15 is 0 Å². The summed E-state index contributed by atoms with van der Waals surface area (Å²) in [5.41, 5.74) is 3.51. The minimum absolute atomic E-state index is 0.0125. The first kappa shape index (κ1) is 19.3. The standard InChI is InChI=1S/C23H23N7O/c1-29-15-19(14-27-29)16-2-3-18-13-26-22(28-20(18)10-16)12-21(31)17-4-5-25-23(11-17)30-8-6-24-7-9-30/h2-5,10-11,13-15,24H,6-9,12H2,1H3. The summed E-state index contributed by atoms with van der Waals surface area (Å²) in [4.78, 5) is 28.6. The molecule has 0 bridgehead atoms. The number of Topliss-reactive ketones (excluding diaryl/α,β-unsaturated/α-hetero) is 1. The van der Waals surface area contributed by atoms with Gasteiger partial charge < -0.3 is 10.2 Å². The number of nitrogens with zero attached hydrogens (tertiary/aromatic N) is 6. The van der Waals surface area contributed by atoms with Crippen LogP contribution in [0.1, 0.15) is 16.2 Å². The topological polar surface area (TPSA) is 88.8 Å². The maximum absolute atomic E-state index is 12.9. The number of fused-ring (bicyclic) bond motifs is 1. The Labute approximate surface area is 180 Å². The summed E-state index contributed by atoms with van der Waals surface area (Å²) in [5.74, 6) is 1.34. The van der Waals surface area contributed by atoms with Gasteiger partial charge in [-0.3, -0.25) is 9.48 Å². The highest BCUT2D eigenvalue weighted by atomic mass is 16.1. The minimum Gasteiger partial charge on any atom is -0.354 e. The number of anilines is 1. The van der Waals surface area contributed by atoms with Gasteiger partial charge in [-0.15, -0.1) is 0 Å². The fourth-order valence-electron chi connectivity index (χ4n) is 3.80. The molecule has 4 aromatic rings. The van der Waals surface area contributed by atoms with Crippen molar-refractivity contribution in [1.82, 2.24) is 30.0 Å². The number of aromatic nitrogens is 5. The summed E-state index contributed by atoms with van der Waals surface area (Å²) in [5, 5.41) is 8.50. The van der Waals surface area contributed by atoms with Crippen LogP contribution in [0.2, 0.25) is 0 Å². The lowest BCUT2D eigenvalue weighted by Crippen LogP contribution is -2.43. The van der Waals surface area contributed by atoms with Crippen molar-refractivity contribution in [3.8, 4) is 11.1 Å². The third kappa shape index (κ3) is 4.15. The van der Waals surface area contributed by atoms with E-state index < -0.39 is 0 Å². The molecule has 1 aromatic carbocycles. The third-order valence-electron chi connectivity index (χ3n) is 5.50. The monoisotopic (exact) mass is 413 g/mol.